The second kappa shape index (κ2) is 19.3. The van der Waals surface area contributed by atoms with Crippen LogP contribution in [0.4, 0.5) is 11.4 Å². The molecule has 0 fully saturated rings. The van der Waals surface area contributed by atoms with E-state index in [1.807, 2.05) is 109 Å². The van der Waals surface area contributed by atoms with Gasteiger partial charge in [-0.2, -0.15) is 0 Å². The van der Waals surface area contributed by atoms with Crippen molar-refractivity contribution in [2.45, 2.75) is 44.9 Å². The average Bonchev–Trinajstić information content (AvgIpc) is 3.07. The number of carbonyl (C=O) groups excluding carboxylic acids is 2. The summed E-state index contributed by atoms with van der Waals surface area (Å²) in [6, 6.07) is 34.0. The Labute approximate surface area is 265 Å². The maximum absolute atomic E-state index is 12.5. The molecule has 236 valence electrons. The number of carbonyl (C=O) groups is 2. The predicted octanol–water partition coefficient (Wildman–Crippen LogP) is 7.91. The van der Waals surface area contributed by atoms with Gasteiger partial charge in [0.25, 0.3) is 0 Å². The Morgan fingerprint density at radius 1 is 0.422 bits per heavy atom. The van der Waals surface area contributed by atoms with E-state index in [2.05, 4.69) is 10.6 Å². The number of benzene rings is 4. The molecule has 2 N–H and O–H groups in total. The van der Waals surface area contributed by atoms with Crippen LogP contribution in [0, 0.1) is 0 Å². The summed E-state index contributed by atoms with van der Waals surface area (Å²) in [5, 5.41) is 5.92. The minimum absolute atomic E-state index is 0.0431. The average molecular weight is 611 g/mol. The minimum atomic E-state index is -0.0431. The zero-order valence-electron chi connectivity index (χ0n) is 25.6. The molecule has 0 aliphatic rings. The van der Waals surface area contributed by atoms with Crippen molar-refractivity contribution in [2.75, 3.05) is 37.1 Å². The quantitative estimate of drug-likeness (QED) is 0.0988. The van der Waals surface area contributed by atoms with Gasteiger partial charge in [-0.15, -0.1) is 0 Å². The van der Waals surface area contributed by atoms with E-state index in [0.29, 0.717) is 62.1 Å². The third-order valence-corrected chi connectivity index (χ3v) is 6.84. The van der Waals surface area contributed by atoms with Gasteiger partial charge in [-0.25, -0.2) is 0 Å². The number of nitrogens with one attached hydrogen (secondary N) is 2. The summed E-state index contributed by atoms with van der Waals surface area (Å²) in [6.45, 7) is 1.54. The third-order valence-electron chi connectivity index (χ3n) is 6.84. The van der Waals surface area contributed by atoms with Crippen molar-refractivity contribution in [2.24, 2.45) is 0 Å². The molecule has 0 radical (unpaired) electrons. The Hall–Kier alpha value is -4.98. The number of amides is 2. The first-order valence-corrected chi connectivity index (χ1v) is 15.6. The molecular weight excluding hydrogens is 568 g/mol. The largest absolute Gasteiger partial charge is 0.490 e. The molecule has 0 unspecified atom stereocenters. The monoisotopic (exact) mass is 610 g/mol. The molecule has 4 rings (SSSR count). The Balaban J connectivity index is 1.05. The van der Waals surface area contributed by atoms with E-state index in [4.69, 9.17) is 18.9 Å². The van der Waals surface area contributed by atoms with E-state index in [0.717, 1.165) is 43.6 Å². The first-order chi connectivity index (χ1) is 22.2. The molecule has 4 aromatic carbocycles. The fraction of sp³-hybridized carbons (Fsp3) is 0.297. The van der Waals surface area contributed by atoms with Gasteiger partial charge in [0.1, 0.15) is 49.4 Å². The van der Waals surface area contributed by atoms with Crippen LogP contribution in [0.5, 0.6) is 23.0 Å². The molecule has 4 aromatic rings. The van der Waals surface area contributed by atoms with E-state index < -0.39 is 0 Å². The van der Waals surface area contributed by atoms with Crippen LogP contribution in [0.3, 0.4) is 0 Å². The second-order valence-electron chi connectivity index (χ2n) is 10.4. The molecule has 45 heavy (non-hydrogen) atoms. The molecule has 0 bridgehead atoms. The first-order valence-electron chi connectivity index (χ1n) is 15.6. The number of para-hydroxylation sites is 6. The molecule has 2 amide bonds. The molecule has 8 heteroatoms. The van der Waals surface area contributed by atoms with Crippen LogP contribution in [0.1, 0.15) is 44.9 Å². The van der Waals surface area contributed by atoms with Gasteiger partial charge in [0.2, 0.25) is 11.8 Å². The number of hydrogen-bond acceptors (Lipinski definition) is 6. The van der Waals surface area contributed by atoms with Crippen molar-refractivity contribution in [3.8, 4) is 23.0 Å². The molecule has 0 saturated heterocycles. The molecule has 8 nitrogen and oxygen atoms in total. The number of hydrogen-bond donors (Lipinski definition) is 2. The highest BCUT2D eigenvalue weighted by atomic mass is 16.5. The van der Waals surface area contributed by atoms with Gasteiger partial charge in [-0.3, -0.25) is 9.59 Å². The van der Waals surface area contributed by atoms with Crippen molar-refractivity contribution >= 4 is 23.2 Å². The van der Waals surface area contributed by atoms with Gasteiger partial charge in [0.15, 0.2) is 0 Å². The Bertz CT molecular complexity index is 1320. The SMILES string of the molecule is O=C(CCCCCCCC(=O)Nc1ccccc1OCCOc1ccccc1)Nc1ccccc1OCCOc1ccccc1. The maximum Gasteiger partial charge on any atom is 0.224 e. The highest BCUT2D eigenvalue weighted by molar-refractivity contribution is 5.92. The van der Waals surface area contributed by atoms with E-state index in [-0.39, 0.29) is 11.8 Å². The lowest BCUT2D eigenvalue weighted by molar-refractivity contribution is -0.117. The Morgan fingerprint density at radius 3 is 1.22 bits per heavy atom. The minimum Gasteiger partial charge on any atom is -0.490 e. The van der Waals surface area contributed by atoms with Crippen LogP contribution < -0.4 is 29.6 Å². The lowest BCUT2D eigenvalue weighted by Gasteiger charge is -2.13. The first kappa shape index (κ1) is 32.9. The van der Waals surface area contributed by atoms with Crippen LogP contribution >= 0.6 is 0 Å². The molecule has 0 aliphatic carbocycles. The molecule has 0 aliphatic heterocycles. The highest BCUT2D eigenvalue weighted by Crippen LogP contribution is 2.25. The fourth-order valence-electron chi connectivity index (χ4n) is 4.57. The van der Waals surface area contributed by atoms with E-state index >= 15 is 0 Å². The summed E-state index contributed by atoms with van der Waals surface area (Å²) in [6.07, 6.45) is 5.23. The number of anilines is 2. The summed E-state index contributed by atoms with van der Waals surface area (Å²) < 4.78 is 23.0. The smallest absolute Gasteiger partial charge is 0.224 e. The summed E-state index contributed by atoms with van der Waals surface area (Å²) in [5.74, 6) is 2.73. The topological polar surface area (TPSA) is 95.1 Å². The third kappa shape index (κ3) is 12.6. The van der Waals surface area contributed by atoms with Crippen molar-refractivity contribution in [3.05, 3.63) is 109 Å². The van der Waals surface area contributed by atoms with Crippen LogP contribution in [0.2, 0.25) is 0 Å². The van der Waals surface area contributed by atoms with Crippen LogP contribution in [-0.4, -0.2) is 38.2 Å². The van der Waals surface area contributed by atoms with Gasteiger partial charge >= 0.3 is 0 Å². The highest BCUT2D eigenvalue weighted by Gasteiger charge is 2.10. The zero-order valence-corrected chi connectivity index (χ0v) is 25.6. The lowest BCUT2D eigenvalue weighted by atomic mass is 10.1. The molecule has 0 heterocycles. The number of ether oxygens (including phenoxy) is 4. The summed E-state index contributed by atoms with van der Waals surface area (Å²) in [7, 11) is 0. The van der Waals surface area contributed by atoms with Gasteiger partial charge in [0, 0.05) is 12.8 Å². The standard InChI is InChI=1S/C37H42N2O6/c40-36(38-32-20-12-14-22-34(32)44-28-26-42-30-16-6-4-7-17-30)24-10-2-1-3-11-25-37(41)39-33-21-13-15-23-35(33)45-29-27-43-31-18-8-5-9-19-31/h4-9,12-23H,1-3,10-11,24-29H2,(H,38,40)(H,39,41). The molecule has 0 atom stereocenters. The number of unbranched alkanes of at least 4 members (excludes halogenated alkanes) is 4. The Kier molecular flexibility index (Phi) is 14.1. The number of rotatable bonds is 20. The fourth-order valence-corrected chi connectivity index (χ4v) is 4.57. The summed E-state index contributed by atoms with van der Waals surface area (Å²) >= 11 is 0. The predicted molar refractivity (Wildman–Crippen MR) is 177 cm³/mol. The molecule has 0 saturated carbocycles. The zero-order chi connectivity index (χ0) is 31.4. The normalized spacial score (nSPS) is 10.5. The molecule has 0 spiro atoms. The van der Waals surface area contributed by atoms with Crippen molar-refractivity contribution < 1.29 is 28.5 Å². The molecular formula is C37H42N2O6. The Morgan fingerprint density at radius 2 is 0.778 bits per heavy atom. The summed E-state index contributed by atoms with van der Waals surface area (Å²) in [5.41, 5.74) is 1.31. The molecule has 0 aromatic heterocycles. The van der Waals surface area contributed by atoms with Gasteiger partial charge in [-0.05, 0) is 61.4 Å². The van der Waals surface area contributed by atoms with Crippen LogP contribution in [0.25, 0.3) is 0 Å². The van der Waals surface area contributed by atoms with Crippen LogP contribution in [0.15, 0.2) is 109 Å². The van der Waals surface area contributed by atoms with E-state index in [9.17, 15) is 9.59 Å². The van der Waals surface area contributed by atoms with Gasteiger partial charge in [-0.1, -0.05) is 79.9 Å². The van der Waals surface area contributed by atoms with Crippen molar-refractivity contribution in [1.82, 2.24) is 0 Å². The summed E-state index contributed by atoms with van der Waals surface area (Å²) in [4.78, 5) is 25.1. The van der Waals surface area contributed by atoms with Crippen molar-refractivity contribution in [1.29, 1.82) is 0 Å². The lowest BCUT2D eigenvalue weighted by Crippen LogP contribution is -2.14. The van der Waals surface area contributed by atoms with Gasteiger partial charge < -0.3 is 29.6 Å². The maximum atomic E-state index is 12.5. The van der Waals surface area contributed by atoms with E-state index in [1.54, 1.807) is 0 Å². The second-order valence-corrected chi connectivity index (χ2v) is 10.4. The van der Waals surface area contributed by atoms with Crippen LogP contribution in [-0.2, 0) is 9.59 Å². The van der Waals surface area contributed by atoms with E-state index in [1.165, 1.54) is 0 Å². The van der Waals surface area contributed by atoms with Crippen molar-refractivity contribution in [3.63, 3.8) is 0 Å². The van der Waals surface area contributed by atoms with Gasteiger partial charge in [0.05, 0.1) is 11.4 Å².